The molecule has 100 valence electrons. The van der Waals surface area contributed by atoms with Crippen molar-refractivity contribution in [1.82, 2.24) is 5.32 Å². The average molecular weight is 255 g/mol. The fourth-order valence-electron chi connectivity index (χ4n) is 1.82. The quantitative estimate of drug-likeness (QED) is 0.818. The molecule has 0 aromatic heterocycles. The Labute approximate surface area is 106 Å². The summed E-state index contributed by atoms with van der Waals surface area (Å²) in [6.07, 6.45) is 0. The molecular weight excluding hydrogens is 237 g/mol. The Morgan fingerprint density at radius 1 is 1.33 bits per heavy atom. The van der Waals surface area contributed by atoms with Crippen molar-refractivity contribution in [3.63, 3.8) is 0 Å². The minimum Gasteiger partial charge on any atom is -0.496 e. The van der Waals surface area contributed by atoms with E-state index in [9.17, 15) is 9.18 Å². The zero-order valence-corrected chi connectivity index (χ0v) is 11.0. The minimum atomic E-state index is -0.519. The van der Waals surface area contributed by atoms with Crippen molar-refractivity contribution in [1.29, 1.82) is 0 Å². The number of nitrogens with one attached hydrogen (secondary N) is 1. The maximum Gasteiger partial charge on any atom is 0.322 e. The highest BCUT2D eigenvalue weighted by atomic mass is 19.1. The smallest absolute Gasteiger partial charge is 0.322 e. The molecule has 0 bridgehead atoms. The minimum absolute atomic E-state index is 0.366. The van der Waals surface area contributed by atoms with Crippen molar-refractivity contribution in [2.45, 2.75) is 25.9 Å². The molecule has 0 heterocycles. The zero-order valence-electron chi connectivity index (χ0n) is 11.0. The predicted molar refractivity (Wildman–Crippen MR) is 66.0 cm³/mol. The van der Waals surface area contributed by atoms with E-state index in [1.165, 1.54) is 20.3 Å². The van der Waals surface area contributed by atoms with Gasteiger partial charge in [0.2, 0.25) is 0 Å². The lowest BCUT2D eigenvalue weighted by Gasteiger charge is -2.21. The van der Waals surface area contributed by atoms with Crippen molar-refractivity contribution >= 4 is 5.97 Å². The number of halogens is 1. The largest absolute Gasteiger partial charge is 0.496 e. The Morgan fingerprint density at radius 3 is 2.56 bits per heavy atom. The van der Waals surface area contributed by atoms with E-state index >= 15 is 0 Å². The SMILES string of the molecule is COC(=O)[C@@H](C)NC(C)c1c(F)cccc1OC. The van der Waals surface area contributed by atoms with E-state index in [2.05, 4.69) is 10.1 Å². The Morgan fingerprint density at radius 2 is 2.00 bits per heavy atom. The molecule has 0 spiro atoms. The lowest BCUT2D eigenvalue weighted by atomic mass is 10.1. The number of rotatable bonds is 5. The highest BCUT2D eigenvalue weighted by Crippen LogP contribution is 2.27. The van der Waals surface area contributed by atoms with E-state index in [0.717, 1.165) is 0 Å². The summed E-state index contributed by atoms with van der Waals surface area (Å²) >= 11 is 0. The molecule has 2 atom stereocenters. The molecule has 1 aromatic rings. The molecule has 0 fully saturated rings. The molecule has 0 aliphatic rings. The van der Waals surface area contributed by atoms with Gasteiger partial charge in [-0.2, -0.15) is 0 Å². The highest BCUT2D eigenvalue weighted by Gasteiger charge is 2.21. The van der Waals surface area contributed by atoms with Gasteiger partial charge in [-0.05, 0) is 26.0 Å². The highest BCUT2D eigenvalue weighted by molar-refractivity contribution is 5.75. The van der Waals surface area contributed by atoms with Gasteiger partial charge in [0.1, 0.15) is 17.6 Å². The number of carbonyl (C=O) groups excluding carboxylic acids is 1. The van der Waals surface area contributed by atoms with Crippen LogP contribution >= 0.6 is 0 Å². The van der Waals surface area contributed by atoms with Crippen LogP contribution in [0.25, 0.3) is 0 Å². The van der Waals surface area contributed by atoms with Crippen molar-refractivity contribution in [2.24, 2.45) is 0 Å². The van der Waals surface area contributed by atoms with Gasteiger partial charge >= 0.3 is 5.97 Å². The first kappa shape index (κ1) is 14.4. The zero-order chi connectivity index (χ0) is 13.7. The normalized spacial score (nSPS) is 13.8. The topological polar surface area (TPSA) is 47.6 Å². The molecule has 1 aromatic carbocycles. The van der Waals surface area contributed by atoms with Crippen LogP contribution in [0.5, 0.6) is 5.75 Å². The Kier molecular flexibility index (Phi) is 5.09. The van der Waals surface area contributed by atoms with E-state index in [4.69, 9.17) is 4.74 Å². The van der Waals surface area contributed by atoms with Gasteiger partial charge in [-0.25, -0.2) is 4.39 Å². The maximum absolute atomic E-state index is 13.8. The fourth-order valence-corrected chi connectivity index (χ4v) is 1.82. The van der Waals surface area contributed by atoms with Crippen LogP contribution in [-0.4, -0.2) is 26.2 Å². The maximum atomic E-state index is 13.8. The Hall–Kier alpha value is -1.62. The fraction of sp³-hybridized carbons (Fsp3) is 0.462. The van der Waals surface area contributed by atoms with E-state index in [0.29, 0.717) is 11.3 Å². The molecular formula is C13H18FNO3. The van der Waals surface area contributed by atoms with Crippen molar-refractivity contribution < 1.29 is 18.7 Å². The summed E-state index contributed by atoms with van der Waals surface area (Å²) in [6, 6.07) is 3.73. The van der Waals surface area contributed by atoms with Gasteiger partial charge in [0, 0.05) is 11.6 Å². The summed E-state index contributed by atoms with van der Waals surface area (Å²) in [7, 11) is 2.80. The molecule has 0 saturated carbocycles. The molecule has 0 radical (unpaired) electrons. The lowest BCUT2D eigenvalue weighted by Crippen LogP contribution is -2.36. The summed E-state index contributed by atoms with van der Waals surface area (Å²) < 4.78 is 23.5. The summed E-state index contributed by atoms with van der Waals surface area (Å²) in [4.78, 5) is 11.3. The molecule has 0 amide bonds. The molecule has 18 heavy (non-hydrogen) atoms. The van der Waals surface area contributed by atoms with Crippen LogP contribution in [-0.2, 0) is 9.53 Å². The van der Waals surface area contributed by atoms with Gasteiger partial charge in [0.05, 0.1) is 14.2 Å². The molecule has 4 nitrogen and oxygen atoms in total. The van der Waals surface area contributed by atoms with Gasteiger partial charge in [0.25, 0.3) is 0 Å². The number of hydrogen-bond acceptors (Lipinski definition) is 4. The number of benzene rings is 1. The van der Waals surface area contributed by atoms with Crippen LogP contribution in [0.2, 0.25) is 0 Å². The third kappa shape index (κ3) is 3.20. The van der Waals surface area contributed by atoms with Crippen LogP contribution in [0.1, 0.15) is 25.5 Å². The van der Waals surface area contributed by atoms with Gasteiger partial charge in [0.15, 0.2) is 0 Å². The Bertz CT molecular complexity index is 423. The summed E-state index contributed by atoms with van der Waals surface area (Å²) in [5, 5.41) is 2.97. The first-order valence-corrected chi connectivity index (χ1v) is 5.67. The first-order chi connectivity index (χ1) is 8.51. The summed E-state index contributed by atoms with van der Waals surface area (Å²) in [5.41, 5.74) is 0.399. The molecule has 5 heteroatoms. The first-order valence-electron chi connectivity index (χ1n) is 5.67. The standard InChI is InChI=1S/C13H18FNO3/c1-8(15-9(2)13(16)18-4)12-10(14)6-5-7-11(12)17-3/h5-9,15H,1-4H3/t8?,9-/m1/s1. The second-order valence-electron chi connectivity index (χ2n) is 3.99. The molecule has 1 N–H and O–H groups in total. The number of carbonyl (C=O) groups is 1. The van der Waals surface area contributed by atoms with E-state index in [1.54, 1.807) is 26.0 Å². The molecule has 0 aliphatic carbocycles. The van der Waals surface area contributed by atoms with Gasteiger partial charge in [-0.3, -0.25) is 10.1 Å². The number of methoxy groups -OCH3 is 2. The molecule has 0 saturated heterocycles. The van der Waals surface area contributed by atoms with Crippen LogP contribution in [0, 0.1) is 5.82 Å². The van der Waals surface area contributed by atoms with Gasteiger partial charge in [-0.15, -0.1) is 0 Å². The van der Waals surface area contributed by atoms with E-state index in [-0.39, 0.29) is 11.9 Å². The summed E-state index contributed by atoms with van der Waals surface area (Å²) in [5.74, 6) is -0.310. The predicted octanol–water partition coefficient (Wildman–Crippen LogP) is 2.05. The average Bonchev–Trinajstić information content (AvgIpc) is 2.36. The van der Waals surface area contributed by atoms with E-state index in [1.807, 2.05) is 0 Å². The Balaban J connectivity index is 2.90. The van der Waals surface area contributed by atoms with Crippen molar-refractivity contribution in [2.75, 3.05) is 14.2 Å². The van der Waals surface area contributed by atoms with Crippen LogP contribution < -0.4 is 10.1 Å². The lowest BCUT2D eigenvalue weighted by molar-refractivity contribution is -0.142. The molecule has 1 unspecified atom stereocenters. The van der Waals surface area contributed by atoms with E-state index < -0.39 is 12.0 Å². The van der Waals surface area contributed by atoms with Gasteiger partial charge < -0.3 is 9.47 Å². The second-order valence-corrected chi connectivity index (χ2v) is 3.99. The number of hydrogen-bond donors (Lipinski definition) is 1. The summed E-state index contributed by atoms with van der Waals surface area (Å²) in [6.45, 7) is 3.43. The van der Waals surface area contributed by atoms with Gasteiger partial charge in [-0.1, -0.05) is 6.07 Å². The van der Waals surface area contributed by atoms with Crippen LogP contribution in [0.15, 0.2) is 18.2 Å². The van der Waals surface area contributed by atoms with Crippen LogP contribution in [0.4, 0.5) is 4.39 Å². The molecule has 0 aliphatic heterocycles. The van der Waals surface area contributed by atoms with Crippen LogP contribution in [0.3, 0.4) is 0 Å². The van der Waals surface area contributed by atoms with Crippen molar-refractivity contribution in [3.8, 4) is 5.75 Å². The number of esters is 1. The molecule has 1 rings (SSSR count). The second kappa shape index (κ2) is 6.35. The van der Waals surface area contributed by atoms with Crippen molar-refractivity contribution in [3.05, 3.63) is 29.6 Å². The monoisotopic (exact) mass is 255 g/mol. The number of ether oxygens (including phenoxy) is 2. The third-order valence-electron chi connectivity index (χ3n) is 2.72. The third-order valence-corrected chi connectivity index (χ3v) is 2.72.